The van der Waals surface area contributed by atoms with Gasteiger partial charge in [-0.05, 0) is 50.1 Å². The zero-order valence-electron chi connectivity index (χ0n) is 11.9. The lowest BCUT2D eigenvalue weighted by Gasteiger charge is -2.39. The van der Waals surface area contributed by atoms with Gasteiger partial charge in [0.05, 0.1) is 7.11 Å². The maximum absolute atomic E-state index is 12.8. The maximum atomic E-state index is 12.8. The molecule has 110 valence electrons. The van der Waals surface area contributed by atoms with Crippen LogP contribution < -0.4 is 10.1 Å². The fourth-order valence-corrected chi connectivity index (χ4v) is 4.23. The lowest BCUT2D eigenvalue weighted by atomic mass is 9.94. The van der Waals surface area contributed by atoms with Crippen molar-refractivity contribution in [2.45, 2.75) is 44.2 Å². The molecule has 2 fully saturated rings. The highest BCUT2D eigenvalue weighted by atomic mass is 32.1. The molecule has 4 nitrogen and oxygen atoms in total. The van der Waals surface area contributed by atoms with Gasteiger partial charge in [-0.2, -0.15) is 0 Å². The highest BCUT2D eigenvalue weighted by Gasteiger charge is 2.35. The lowest BCUT2D eigenvalue weighted by molar-refractivity contribution is 0.0565. The van der Waals surface area contributed by atoms with Crippen LogP contribution in [0, 0.1) is 0 Å². The molecule has 0 saturated carbocycles. The van der Waals surface area contributed by atoms with Crippen molar-refractivity contribution in [1.82, 2.24) is 10.2 Å². The van der Waals surface area contributed by atoms with E-state index in [-0.39, 0.29) is 5.91 Å². The average molecular weight is 294 g/mol. The summed E-state index contributed by atoms with van der Waals surface area (Å²) in [5, 5.41) is 5.49. The van der Waals surface area contributed by atoms with Crippen LogP contribution in [0.5, 0.6) is 5.75 Å². The second-order valence-corrected chi connectivity index (χ2v) is 6.50. The predicted molar refractivity (Wildman–Crippen MR) is 80.6 cm³/mol. The Hall–Kier alpha value is -1.07. The molecule has 0 aromatic carbocycles. The van der Waals surface area contributed by atoms with E-state index >= 15 is 0 Å². The molecule has 2 atom stereocenters. The summed E-state index contributed by atoms with van der Waals surface area (Å²) in [4.78, 5) is 15.7. The second kappa shape index (κ2) is 6.14. The maximum Gasteiger partial charge on any atom is 0.268 e. The zero-order valence-corrected chi connectivity index (χ0v) is 12.7. The van der Waals surface area contributed by atoms with Crippen LogP contribution in [0.2, 0.25) is 0 Å². The molecule has 0 aliphatic carbocycles. The quantitative estimate of drug-likeness (QED) is 0.931. The van der Waals surface area contributed by atoms with Crippen molar-refractivity contribution in [1.29, 1.82) is 0 Å². The van der Waals surface area contributed by atoms with Gasteiger partial charge in [0.2, 0.25) is 0 Å². The number of rotatable bonds is 3. The molecule has 5 heteroatoms. The summed E-state index contributed by atoms with van der Waals surface area (Å²) in [6.07, 6.45) is 5.88. The summed E-state index contributed by atoms with van der Waals surface area (Å²) in [6, 6.07) is 2.71. The largest absolute Gasteiger partial charge is 0.495 e. The van der Waals surface area contributed by atoms with Crippen molar-refractivity contribution < 1.29 is 9.53 Å². The van der Waals surface area contributed by atoms with Crippen LogP contribution in [0.1, 0.15) is 41.8 Å². The first-order valence-electron chi connectivity index (χ1n) is 7.47. The van der Waals surface area contributed by atoms with Crippen molar-refractivity contribution in [3.05, 3.63) is 16.3 Å². The van der Waals surface area contributed by atoms with Crippen LogP contribution in [-0.2, 0) is 0 Å². The van der Waals surface area contributed by atoms with Gasteiger partial charge in [0, 0.05) is 18.6 Å². The smallest absolute Gasteiger partial charge is 0.268 e. The summed E-state index contributed by atoms with van der Waals surface area (Å²) in [7, 11) is 1.63. The first-order valence-corrected chi connectivity index (χ1v) is 8.35. The normalized spacial score (nSPS) is 26.8. The van der Waals surface area contributed by atoms with Gasteiger partial charge in [0.25, 0.3) is 5.91 Å². The molecule has 0 spiro atoms. The minimum absolute atomic E-state index is 0.148. The number of thiophene rings is 1. The Balaban J connectivity index is 1.80. The first-order chi connectivity index (χ1) is 9.81. The van der Waals surface area contributed by atoms with E-state index in [0.717, 1.165) is 30.8 Å². The number of hydrogen-bond donors (Lipinski definition) is 1. The SMILES string of the molecule is COc1ccsc1C(=O)N1CCCCC1C1CCCN1. The van der Waals surface area contributed by atoms with E-state index in [1.165, 1.54) is 30.6 Å². The molecule has 1 aromatic heterocycles. The van der Waals surface area contributed by atoms with Crippen molar-refractivity contribution in [2.24, 2.45) is 0 Å². The van der Waals surface area contributed by atoms with Crippen LogP contribution in [-0.4, -0.2) is 43.1 Å². The summed E-state index contributed by atoms with van der Waals surface area (Å²) in [6.45, 7) is 1.97. The van der Waals surface area contributed by atoms with Crippen LogP contribution in [0.15, 0.2) is 11.4 Å². The molecule has 2 saturated heterocycles. The molecule has 2 aliphatic rings. The fourth-order valence-electron chi connectivity index (χ4n) is 3.41. The Bertz CT molecular complexity index is 468. The topological polar surface area (TPSA) is 41.6 Å². The van der Waals surface area contributed by atoms with E-state index in [9.17, 15) is 4.79 Å². The summed E-state index contributed by atoms with van der Waals surface area (Å²) in [5.74, 6) is 0.860. The van der Waals surface area contributed by atoms with Crippen molar-refractivity contribution in [2.75, 3.05) is 20.2 Å². The second-order valence-electron chi connectivity index (χ2n) is 5.58. The molecular formula is C15H22N2O2S. The third-order valence-corrected chi connectivity index (χ3v) is 5.30. The van der Waals surface area contributed by atoms with Gasteiger partial charge in [0.1, 0.15) is 10.6 Å². The molecule has 1 N–H and O–H groups in total. The molecule has 3 heterocycles. The highest BCUT2D eigenvalue weighted by Crippen LogP contribution is 2.31. The van der Waals surface area contributed by atoms with Crippen molar-refractivity contribution >= 4 is 17.2 Å². The van der Waals surface area contributed by atoms with Crippen LogP contribution >= 0.6 is 11.3 Å². The van der Waals surface area contributed by atoms with Gasteiger partial charge >= 0.3 is 0 Å². The molecule has 0 bridgehead atoms. The van der Waals surface area contributed by atoms with E-state index in [1.807, 2.05) is 11.4 Å². The van der Waals surface area contributed by atoms with Gasteiger partial charge in [-0.3, -0.25) is 4.79 Å². The Morgan fingerprint density at radius 1 is 1.40 bits per heavy atom. The average Bonchev–Trinajstić information content (AvgIpc) is 3.17. The van der Waals surface area contributed by atoms with Gasteiger partial charge in [-0.25, -0.2) is 0 Å². The molecule has 1 aromatic rings. The third-order valence-electron chi connectivity index (χ3n) is 4.42. The Labute approximate surface area is 124 Å². The predicted octanol–water partition coefficient (Wildman–Crippen LogP) is 2.50. The van der Waals surface area contributed by atoms with E-state index < -0.39 is 0 Å². The number of carbonyl (C=O) groups excluding carboxylic acids is 1. The van der Waals surface area contributed by atoms with Gasteiger partial charge in [-0.1, -0.05) is 0 Å². The first kappa shape index (κ1) is 13.9. The third kappa shape index (κ3) is 2.56. The summed E-state index contributed by atoms with van der Waals surface area (Å²) in [5.41, 5.74) is 0. The van der Waals surface area contributed by atoms with E-state index in [1.54, 1.807) is 7.11 Å². The zero-order chi connectivity index (χ0) is 13.9. The lowest BCUT2D eigenvalue weighted by Crippen LogP contribution is -2.52. The molecule has 3 rings (SSSR count). The van der Waals surface area contributed by atoms with Gasteiger partial charge in [-0.15, -0.1) is 11.3 Å². The Kier molecular flexibility index (Phi) is 4.27. The minimum atomic E-state index is 0.148. The molecule has 2 aliphatic heterocycles. The minimum Gasteiger partial charge on any atom is -0.495 e. The van der Waals surface area contributed by atoms with Gasteiger partial charge in [0.15, 0.2) is 0 Å². The molecule has 2 unspecified atom stereocenters. The number of piperidine rings is 1. The van der Waals surface area contributed by atoms with E-state index in [4.69, 9.17) is 4.74 Å². The molecular weight excluding hydrogens is 272 g/mol. The molecule has 20 heavy (non-hydrogen) atoms. The standard InChI is InChI=1S/C15H22N2O2S/c1-19-13-7-10-20-14(13)15(18)17-9-3-2-6-12(17)11-5-4-8-16-11/h7,10-12,16H,2-6,8-9H2,1H3. The number of nitrogens with zero attached hydrogens (tertiary/aromatic N) is 1. The highest BCUT2D eigenvalue weighted by molar-refractivity contribution is 7.12. The van der Waals surface area contributed by atoms with E-state index in [2.05, 4.69) is 10.2 Å². The summed E-state index contributed by atoms with van der Waals surface area (Å²) < 4.78 is 5.31. The fraction of sp³-hybridized carbons (Fsp3) is 0.667. The number of amides is 1. The number of hydrogen-bond acceptors (Lipinski definition) is 4. The van der Waals surface area contributed by atoms with E-state index in [0.29, 0.717) is 17.8 Å². The number of likely N-dealkylation sites (tertiary alicyclic amines) is 1. The number of ether oxygens (including phenoxy) is 1. The van der Waals surface area contributed by atoms with Crippen molar-refractivity contribution in [3.63, 3.8) is 0 Å². The van der Waals surface area contributed by atoms with Crippen LogP contribution in [0.3, 0.4) is 0 Å². The van der Waals surface area contributed by atoms with Crippen LogP contribution in [0.25, 0.3) is 0 Å². The van der Waals surface area contributed by atoms with Gasteiger partial charge < -0.3 is 15.0 Å². The Morgan fingerprint density at radius 3 is 3.05 bits per heavy atom. The Morgan fingerprint density at radius 2 is 2.30 bits per heavy atom. The van der Waals surface area contributed by atoms with Crippen LogP contribution in [0.4, 0.5) is 0 Å². The number of methoxy groups -OCH3 is 1. The molecule has 1 amide bonds. The monoisotopic (exact) mass is 294 g/mol. The number of nitrogens with one attached hydrogen (secondary N) is 1. The van der Waals surface area contributed by atoms with Crippen molar-refractivity contribution in [3.8, 4) is 5.75 Å². The summed E-state index contributed by atoms with van der Waals surface area (Å²) >= 11 is 1.48. The number of carbonyl (C=O) groups is 1. The molecule has 0 radical (unpaired) electrons.